The maximum Gasteiger partial charge on any atom is 0.433 e. The maximum absolute atomic E-state index is 12.6. The van der Waals surface area contributed by atoms with Crippen LogP contribution in [0.15, 0.2) is 12.3 Å². The van der Waals surface area contributed by atoms with Crippen molar-refractivity contribution in [2.75, 3.05) is 25.5 Å². The van der Waals surface area contributed by atoms with E-state index in [9.17, 15) is 23.3 Å². The molecule has 0 aliphatic heterocycles. The molecule has 9 heteroatoms. The molecule has 0 saturated carbocycles. The van der Waals surface area contributed by atoms with Crippen molar-refractivity contribution in [2.45, 2.75) is 13.1 Å². The summed E-state index contributed by atoms with van der Waals surface area (Å²) in [5, 5.41) is 16.4. The normalized spacial score (nSPS) is 13.1. The van der Waals surface area contributed by atoms with Gasteiger partial charge in [0.2, 0.25) is 0 Å². The van der Waals surface area contributed by atoms with Crippen molar-refractivity contribution in [3.8, 4) is 0 Å². The fraction of sp³-hybridized carbons (Fsp3) is 0.545. The van der Waals surface area contributed by atoms with E-state index >= 15 is 0 Å². The summed E-state index contributed by atoms with van der Waals surface area (Å²) in [5.74, 6) is 0.0992. The molecular formula is C11H15F3N4O2. The summed E-state index contributed by atoms with van der Waals surface area (Å²) >= 11 is 0. The summed E-state index contributed by atoms with van der Waals surface area (Å²) in [7, 11) is 1.74. The zero-order valence-corrected chi connectivity index (χ0v) is 11.0. The molecule has 6 nitrogen and oxygen atoms in total. The van der Waals surface area contributed by atoms with Gasteiger partial charge in [-0.2, -0.15) is 13.2 Å². The molecule has 1 heterocycles. The zero-order chi connectivity index (χ0) is 15.3. The van der Waals surface area contributed by atoms with Crippen LogP contribution in [-0.4, -0.2) is 30.0 Å². The largest absolute Gasteiger partial charge is 0.433 e. The highest BCUT2D eigenvalue weighted by atomic mass is 19.4. The minimum Gasteiger partial charge on any atom is -0.379 e. The maximum atomic E-state index is 12.6. The molecule has 20 heavy (non-hydrogen) atoms. The smallest absolute Gasteiger partial charge is 0.379 e. The summed E-state index contributed by atoms with van der Waals surface area (Å²) in [6.07, 6.45) is -4.02. The lowest BCUT2D eigenvalue weighted by Crippen LogP contribution is -2.23. The van der Waals surface area contributed by atoms with Crippen molar-refractivity contribution in [3.63, 3.8) is 0 Å². The number of pyridine rings is 1. The van der Waals surface area contributed by atoms with Crippen LogP contribution in [0, 0.1) is 16.0 Å². The molecule has 1 rings (SSSR count). The Hall–Kier alpha value is -1.90. The summed E-state index contributed by atoms with van der Waals surface area (Å²) in [5.41, 5.74) is -1.82. The summed E-state index contributed by atoms with van der Waals surface area (Å²) in [4.78, 5) is 13.1. The lowest BCUT2D eigenvalue weighted by molar-refractivity contribution is -0.384. The van der Waals surface area contributed by atoms with E-state index in [2.05, 4.69) is 15.6 Å². The number of nitrogens with zero attached hydrogens (tertiary/aromatic N) is 2. The molecule has 0 aliphatic carbocycles. The third-order valence-electron chi connectivity index (χ3n) is 2.56. The average Bonchev–Trinajstić information content (AvgIpc) is 2.35. The molecule has 0 spiro atoms. The number of rotatable bonds is 6. The molecule has 0 fully saturated rings. The Kier molecular flexibility index (Phi) is 5.26. The van der Waals surface area contributed by atoms with Crippen LogP contribution in [0.1, 0.15) is 12.6 Å². The van der Waals surface area contributed by atoms with Gasteiger partial charge in [-0.1, -0.05) is 6.92 Å². The van der Waals surface area contributed by atoms with Crippen LogP contribution in [-0.2, 0) is 6.18 Å². The summed E-state index contributed by atoms with van der Waals surface area (Å²) < 4.78 is 37.7. The number of hydrogen-bond acceptors (Lipinski definition) is 5. The van der Waals surface area contributed by atoms with Gasteiger partial charge in [-0.3, -0.25) is 10.1 Å². The first-order valence-corrected chi connectivity index (χ1v) is 5.85. The van der Waals surface area contributed by atoms with Crippen LogP contribution < -0.4 is 10.6 Å². The van der Waals surface area contributed by atoms with E-state index in [1.54, 1.807) is 7.05 Å². The highest BCUT2D eigenvalue weighted by Gasteiger charge is 2.34. The average molecular weight is 292 g/mol. The fourth-order valence-electron chi connectivity index (χ4n) is 1.60. The molecule has 2 N–H and O–H groups in total. The molecule has 0 aromatic carbocycles. The van der Waals surface area contributed by atoms with E-state index in [0.717, 1.165) is 0 Å². The van der Waals surface area contributed by atoms with Crippen molar-refractivity contribution < 1.29 is 18.1 Å². The number of anilines is 1. The number of halogens is 3. The van der Waals surface area contributed by atoms with Crippen molar-refractivity contribution in [3.05, 3.63) is 28.1 Å². The van der Waals surface area contributed by atoms with Gasteiger partial charge in [-0.05, 0) is 25.6 Å². The molecule has 1 atom stereocenters. The Morgan fingerprint density at radius 3 is 2.60 bits per heavy atom. The van der Waals surface area contributed by atoms with Crippen molar-refractivity contribution in [1.82, 2.24) is 10.3 Å². The number of nitro groups is 1. The second-order valence-electron chi connectivity index (χ2n) is 4.39. The third kappa shape index (κ3) is 4.34. The lowest BCUT2D eigenvalue weighted by Gasteiger charge is -2.14. The minimum absolute atomic E-state index is 0.0992. The first-order valence-electron chi connectivity index (χ1n) is 5.85. The topological polar surface area (TPSA) is 80.1 Å². The molecule has 0 aliphatic rings. The van der Waals surface area contributed by atoms with Gasteiger partial charge < -0.3 is 10.6 Å². The lowest BCUT2D eigenvalue weighted by atomic mass is 10.1. The Labute approximate surface area is 113 Å². The van der Waals surface area contributed by atoms with E-state index in [0.29, 0.717) is 25.4 Å². The van der Waals surface area contributed by atoms with Crippen LogP contribution >= 0.6 is 0 Å². The Bertz CT molecular complexity index is 479. The number of aromatic nitrogens is 1. The molecular weight excluding hydrogens is 277 g/mol. The summed E-state index contributed by atoms with van der Waals surface area (Å²) in [6.45, 7) is 2.81. The second kappa shape index (κ2) is 6.51. The van der Waals surface area contributed by atoms with Crippen LogP contribution in [0.25, 0.3) is 0 Å². The molecule has 112 valence electrons. The SMILES string of the molecule is CNCC(C)CNc1cc(C(F)(F)F)ncc1[N+](=O)[O-]. The van der Waals surface area contributed by atoms with Crippen molar-refractivity contribution in [1.29, 1.82) is 0 Å². The van der Waals surface area contributed by atoms with Gasteiger partial charge in [0.15, 0.2) is 0 Å². The van der Waals surface area contributed by atoms with Gasteiger partial charge in [0.25, 0.3) is 0 Å². The van der Waals surface area contributed by atoms with E-state index in [1.165, 1.54) is 0 Å². The highest BCUT2D eigenvalue weighted by Crippen LogP contribution is 2.32. The van der Waals surface area contributed by atoms with E-state index < -0.39 is 22.5 Å². The number of nitrogens with one attached hydrogen (secondary N) is 2. The first-order chi connectivity index (χ1) is 9.25. The molecule has 1 aromatic heterocycles. The Balaban J connectivity index is 2.98. The van der Waals surface area contributed by atoms with Gasteiger partial charge in [-0.15, -0.1) is 0 Å². The van der Waals surface area contributed by atoms with Crippen LogP contribution in [0.3, 0.4) is 0 Å². The quantitative estimate of drug-likeness (QED) is 0.621. The highest BCUT2D eigenvalue weighted by molar-refractivity contribution is 5.61. The Morgan fingerprint density at radius 2 is 2.10 bits per heavy atom. The van der Waals surface area contributed by atoms with E-state index in [4.69, 9.17) is 0 Å². The standard InChI is InChI=1S/C11H15F3N4O2/c1-7(4-15-2)5-16-8-3-10(11(12,13)14)17-6-9(8)18(19)20/h3,6-7,15H,4-5H2,1-2H3,(H,16,17). The predicted octanol–water partition coefficient (Wildman–Crippen LogP) is 2.28. The molecule has 0 bridgehead atoms. The van der Waals surface area contributed by atoms with E-state index in [1.807, 2.05) is 6.92 Å². The van der Waals surface area contributed by atoms with Gasteiger partial charge >= 0.3 is 11.9 Å². The zero-order valence-electron chi connectivity index (χ0n) is 11.0. The van der Waals surface area contributed by atoms with Crippen molar-refractivity contribution >= 4 is 11.4 Å². The monoisotopic (exact) mass is 292 g/mol. The van der Waals surface area contributed by atoms with Crippen LogP contribution in [0.2, 0.25) is 0 Å². The molecule has 1 unspecified atom stereocenters. The van der Waals surface area contributed by atoms with Crippen molar-refractivity contribution in [2.24, 2.45) is 5.92 Å². The molecule has 0 saturated heterocycles. The predicted molar refractivity (Wildman–Crippen MR) is 67.5 cm³/mol. The fourth-order valence-corrected chi connectivity index (χ4v) is 1.60. The van der Waals surface area contributed by atoms with Crippen LogP contribution in [0.4, 0.5) is 24.5 Å². The summed E-state index contributed by atoms with van der Waals surface area (Å²) in [6, 6.07) is 0.657. The first kappa shape index (κ1) is 16.2. The van der Waals surface area contributed by atoms with Gasteiger partial charge in [-0.25, -0.2) is 4.98 Å². The van der Waals surface area contributed by atoms with Crippen LogP contribution in [0.5, 0.6) is 0 Å². The molecule has 1 aromatic rings. The van der Waals surface area contributed by atoms with E-state index in [-0.39, 0.29) is 11.6 Å². The van der Waals surface area contributed by atoms with Gasteiger partial charge in [0, 0.05) is 6.54 Å². The minimum atomic E-state index is -4.64. The van der Waals surface area contributed by atoms with Gasteiger partial charge in [0.1, 0.15) is 17.6 Å². The number of alkyl halides is 3. The molecule has 0 radical (unpaired) electrons. The molecule has 0 amide bonds. The van der Waals surface area contributed by atoms with Gasteiger partial charge in [0.05, 0.1) is 4.92 Å². The Morgan fingerprint density at radius 1 is 1.45 bits per heavy atom. The number of hydrogen-bond donors (Lipinski definition) is 2. The third-order valence-corrected chi connectivity index (χ3v) is 2.56. The second-order valence-corrected chi connectivity index (χ2v) is 4.39.